The molecule has 0 radical (unpaired) electrons. The predicted octanol–water partition coefficient (Wildman–Crippen LogP) is 1.75. The van der Waals surface area contributed by atoms with E-state index in [-0.39, 0.29) is 4.90 Å². The Morgan fingerprint density at radius 1 is 0.978 bits per heavy atom. The van der Waals surface area contributed by atoms with E-state index in [9.17, 15) is 23.4 Å². The number of hydrogen-bond acceptors (Lipinski definition) is 11. The number of sulfonamides is 1. The van der Waals surface area contributed by atoms with Crippen LogP contribution in [0.2, 0.25) is 0 Å². The highest BCUT2D eigenvalue weighted by atomic mass is 32.2. The van der Waals surface area contributed by atoms with Crippen molar-refractivity contribution in [1.29, 1.82) is 0 Å². The number of unbranched alkanes of at least 4 members (excludes halogenated alkanes) is 3. The summed E-state index contributed by atoms with van der Waals surface area (Å²) in [6.45, 7) is 3.07. The molecule has 1 aliphatic rings. The maximum absolute atomic E-state index is 13.1. The SMILES string of the molecule is CCNC(=O)[C@H]1O[C@@H](n2cnc3c(NCCCCCCNS(=O)(=O)c4cccc5c(N(C)C)cccc45)ncnc32)[C@H](O)[C@@H]1O. The Balaban J connectivity index is 1.10. The summed E-state index contributed by atoms with van der Waals surface area (Å²) in [5.41, 5.74) is 1.81. The number of aliphatic hydroxyl groups excluding tert-OH is 2. The maximum atomic E-state index is 13.1. The highest BCUT2D eigenvalue weighted by Crippen LogP contribution is 2.33. The number of anilines is 2. The summed E-state index contributed by atoms with van der Waals surface area (Å²) in [7, 11) is 0.200. The number of hydrogen-bond donors (Lipinski definition) is 5. The fourth-order valence-electron chi connectivity index (χ4n) is 5.53. The summed E-state index contributed by atoms with van der Waals surface area (Å²) >= 11 is 0. The van der Waals surface area contributed by atoms with E-state index in [0.29, 0.717) is 48.4 Å². The molecule has 2 aromatic carbocycles. The van der Waals surface area contributed by atoms with Crippen LogP contribution in [0, 0.1) is 0 Å². The molecule has 4 aromatic rings. The van der Waals surface area contributed by atoms with Crippen LogP contribution < -0.4 is 20.3 Å². The quantitative estimate of drug-likeness (QED) is 0.127. The Labute approximate surface area is 261 Å². The number of benzene rings is 2. The zero-order chi connectivity index (χ0) is 32.1. The van der Waals surface area contributed by atoms with Gasteiger partial charge in [-0.3, -0.25) is 9.36 Å². The molecule has 45 heavy (non-hydrogen) atoms. The molecule has 0 unspecified atom stereocenters. The van der Waals surface area contributed by atoms with E-state index in [0.717, 1.165) is 30.3 Å². The number of amides is 1. The Kier molecular flexibility index (Phi) is 10.1. The lowest BCUT2D eigenvalue weighted by atomic mass is 10.1. The largest absolute Gasteiger partial charge is 0.387 e. The molecular weight excluding hydrogens is 600 g/mol. The smallest absolute Gasteiger partial charge is 0.252 e. The summed E-state index contributed by atoms with van der Waals surface area (Å²) in [5, 5.41) is 28.4. The van der Waals surface area contributed by atoms with Crippen LogP contribution in [0.25, 0.3) is 21.9 Å². The molecule has 1 saturated heterocycles. The molecule has 1 fully saturated rings. The van der Waals surface area contributed by atoms with Gasteiger partial charge in [0.2, 0.25) is 10.0 Å². The highest BCUT2D eigenvalue weighted by molar-refractivity contribution is 7.89. The minimum Gasteiger partial charge on any atom is -0.387 e. The fraction of sp³-hybridized carbons (Fsp3) is 0.467. The first-order valence-corrected chi connectivity index (χ1v) is 16.5. The van der Waals surface area contributed by atoms with Gasteiger partial charge in [-0.25, -0.2) is 28.1 Å². The number of likely N-dealkylation sites (N-methyl/N-ethyl adjacent to an activating group) is 1. The first-order valence-electron chi connectivity index (χ1n) is 15.0. The third-order valence-corrected chi connectivity index (χ3v) is 9.32. The van der Waals surface area contributed by atoms with Gasteiger partial charge in [0.1, 0.15) is 18.5 Å². The van der Waals surface area contributed by atoms with Crippen molar-refractivity contribution in [2.24, 2.45) is 0 Å². The van der Waals surface area contributed by atoms with Gasteiger partial charge in [-0.1, -0.05) is 37.1 Å². The van der Waals surface area contributed by atoms with E-state index in [1.165, 1.54) is 17.2 Å². The van der Waals surface area contributed by atoms with Crippen molar-refractivity contribution in [3.63, 3.8) is 0 Å². The predicted molar refractivity (Wildman–Crippen MR) is 170 cm³/mol. The Hall–Kier alpha value is -3.89. The minimum atomic E-state index is -3.67. The normalized spacial score (nSPS) is 20.1. The Morgan fingerprint density at radius 3 is 2.47 bits per heavy atom. The maximum Gasteiger partial charge on any atom is 0.252 e. The molecule has 0 spiro atoms. The minimum absolute atomic E-state index is 0.276. The van der Waals surface area contributed by atoms with E-state index in [1.807, 2.05) is 43.3 Å². The lowest BCUT2D eigenvalue weighted by molar-refractivity contribution is -0.137. The molecule has 242 valence electrons. The third-order valence-electron chi connectivity index (χ3n) is 7.80. The number of carbonyl (C=O) groups excluding carboxylic acids is 1. The average molecular weight is 641 g/mol. The fourth-order valence-corrected chi connectivity index (χ4v) is 6.83. The summed E-state index contributed by atoms with van der Waals surface area (Å²) < 4.78 is 36.2. The molecule has 0 bridgehead atoms. The van der Waals surface area contributed by atoms with Crippen molar-refractivity contribution in [2.45, 2.75) is 62.0 Å². The summed E-state index contributed by atoms with van der Waals surface area (Å²) in [4.78, 5) is 27.4. The van der Waals surface area contributed by atoms with Gasteiger partial charge >= 0.3 is 0 Å². The monoisotopic (exact) mass is 640 g/mol. The summed E-state index contributed by atoms with van der Waals surface area (Å²) in [6.07, 6.45) is 1.01. The molecular formula is C30H40N8O6S. The van der Waals surface area contributed by atoms with E-state index >= 15 is 0 Å². The molecule has 2 aromatic heterocycles. The number of imidazole rings is 1. The van der Waals surface area contributed by atoms with Gasteiger partial charge in [-0.2, -0.15) is 0 Å². The van der Waals surface area contributed by atoms with Gasteiger partial charge in [0.25, 0.3) is 5.91 Å². The number of aliphatic hydroxyl groups is 2. The van der Waals surface area contributed by atoms with Crippen LogP contribution in [0.15, 0.2) is 53.9 Å². The highest BCUT2D eigenvalue weighted by Gasteiger charge is 2.47. The topological polar surface area (TPSA) is 184 Å². The second kappa shape index (κ2) is 14.0. The van der Waals surface area contributed by atoms with Crippen molar-refractivity contribution < 1.29 is 28.2 Å². The second-order valence-electron chi connectivity index (χ2n) is 11.1. The van der Waals surface area contributed by atoms with E-state index < -0.39 is 40.5 Å². The van der Waals surface area contributed by atoms with Crippen LogP contribution in [0.5, 0.6) is 0 Å². The van der Waals surface area contributed by atoms with Crippen molar-refractivity contribution >= 4 is 49.4 Å². The standard InChI is InChI=1S/C30H40N8O6S/c1-4-31-29(41)26-24(39)25(40)30(44-26)38-18-35-23-27(33-17-34-28(23)38)32-15-7-5-6-8-16-36-45(42,43)22-14-10-11-19-20(22)12-9-13-21(19)37(2)3/h9-14,17-18,24-26,30,36,39-40H,4-8,15-16H2,1-3H3,(H,31,41)(H,32,33,34)/t24-,25+,26-,30+/m0/s1. The average Bonchev–Trinajstić information content (AvgIpc) is 3.58. The van der Waals surface area contributed by atoms with Crippen LogP contribution in [0.4, 0.5) is 11.5 Å². The number of fused-ring (bicyclic) bond motifs is 2. The van der Waals surface area contributed by atoms with Crippen LogP contribution in [0.1, 0.15) is 38.8 Å². The molecule has 4 atom stereocenters. The van der Waals surface area contributed by atoms with Crippen LogP contribution in [-0.4, -0.2) is 96.1 Å². The van der Waals surface area contributed by atoms with E-state index in [4.69, 9.17) is 4.74 Å². The Bertz CT molecular complexity index is 1750. The zero-order valence-electron chi connectivity index (χ0n) is 25.5. The van der Waals surface area contributed by atoms with Gasteiger partial charge in [0.15, 0.2) is 29.3 Å². The van der Waals surface area contributed by atoms with Crippen LogP contribution >= 0.6 is 0 Å². The molecule has 1 aliphatic heterocycles. The second-order valence-corrected chi connectivity index (χ2v) is 12.9. The van der Waals surface area contributed by atoms with E-state index in [1.54, 1.807) is 19.1 Å². The molecule has 5 N–H and O–H groups in total. The molecule has 5 rings (SSSR count). The number of aromatic nitrogens is 4. The number of rotatable bonds is 14. The molecule has 1 amide bonds. The van der Waals surface area contributed by atoms with Crippen LogP contribution in [0.3, 0.4) is 0 Å². The molecule has 3 heterocycles. The van der Waals surface area contributed by atoms with Crippen molar-refractivity contribution in [1.82, 2.24) is 29.6 Å². The van der Waals surface area contributed by atoms with Gasteiger partial charge in [0.05, 0.1) is 11.2 Å². The van der Waals surface area contributed by atoms with Gasteiger partial charge in [-0.05, 0) is 31.9 Å². The molecule has 0 aliphatic carbocycles. The first kappa shape index (κ1) is 32.5. The van der Waals surface area contributed by atoms with Gasteiger partial charge < -0.3 is 30.5 Å². The van der Waals surface area contributed by atoms with Crippen molar-refractivity contribution in [3.05, 3.63) is 49.1 Å². The zero-order valence-corrected chi connectivity index (χ0v) is 26.4. The van der Waals surface area contributed by atoms with Crippen molar-refractivity contribution in [2.75, 3.05) is 43.9 Å². The lowest BCUT2D eigenvalue weighted by Crippen LogP contribution is -2.42. The lowest BCUT2D eigenvalue weighted by Gasteiger charge is -2.17. The Morgan fingerprint density at radius 2 is 1.71 bits per heavy atom. The van der Waals surface area contributed by atoms with Crippen molar-refractivity contribution in [3.8, 4) is 0 Å². The van der Waals surface area contributed by atoms with Crippen LogP contribution in [-0.2, 0) is 19.6 Å². The summed E-state index contributed by atoms with van der Waals surface area (Å²) in [6, 6.07) is 11.0. The first-order chi connectivity index (χ1) is 21.6. The molecule has 15 heteroatoms. The summed E-state index contributed by atoms with van der Waals surface area (Å²) in [5.74, 6) is 0.00113. The number of carbonyl (C=O) groups is 1. The number of nitrogens with one attached hydrogen (secondary N) is 3. The van der Waals surface area contributed by atoms with Gasteiger partial charge in [-0.15, -0.1) is 0 Å². The number of ether oxygens (including phenoxy) is 1. The third kappa shape index (κ3) is 6.87. The number of nitrogens with zero attached hydrogens (tertiary/aromatic N) is 5. The molecule has 14 nitrogen and oxygen atoms in total. The molecule has 0 saturated carbocycles. The van der Waals surface area contributed by atoms with E-state index in [2.05, 4.69) is 30.3 Å². The van der Waals surface area contributed by atoms with Gasteiger partial charge in [0, 0.05) is 50.2 Å².